The van der Waals surface area contributed by atoms with Gasteiger partial charge in [0.2, 0.25) is 0 Å². The van der Waals surface area contributed by atoms with Gasteiger partial charge in [-0.15, -0.1) is 0 Å². The highest BCUT2D eigenvalue weighted by molar-refractivity contribution is 6.74. The standard InChI is InChI=1S/C34H54O2Si/c1-23-10-13-26(14-11-23)35-24(2)29-16-17-30-28-15-12-25-22-27(36-37(8,9)32(3,4)5)18-20-33(25,6)31(28)19-21-34(29,30)7/h10-14,24,27-31H,15-22H2,1-9H3/t24-,27+,28+,29-,30+,31+,33+,34-/m1/s1. The molecule has 0 radical (unpaired) electrons. The van der Waals surface area contributed by atoms with E-state index in [2.05, 4.69) is 91.9 Å². The van der Waals surface area contributed by atoms with Gasteiger partial charge >= 0.3 is 0 Å². The van der Waals surface area contributed by atoms with Gasteiger partial charge in [-0.1, -0.05) is 64.0 Å². The summed E-state index contributed by atoms with van der Waals surface area (Å²) in [7, 11) is -1.72. The van der Waals surface area contributed by atoms with E-state index in [1.807, 2.05) is 0 Å². The zero-order chi connectivity index (χ0) is 26.8. The molecule has 2 nitrogen and oxygen atoms in total. The van der Waals surface area contributed by atoms with Crippen LogP contribution in [-0.4, -0.2) is 20.5 Å². The molecule has 1 aromatic carbocycles. The van der Waals surface area contributed by atoms with Gasteiger partial charge < -0.3 is 9.16 Å². The molecule has 3 fully saturated rings. The van der Waals surface area contributed by atoms with E-state index in [1.165, 1.54) is 56.9 Å². The molecule has 0 aliphatic heterocycles. The van der Waals surface area contributed by atoms with Crippen molar-refractivity contribution in [3.8, 4) is 5.75 Å². The van der Waals surface area contributed by atoms with Crippen LogP contribution in [0.3, 0.4) is 0 Å². The maximum Gasteiger partial charge on any atom is 0.192 e. The number of rotatable bonds is 5. The SMILES string of the molecule is Cc1ccc(O[C@H](C)[C@H]2CC[C@H]3[C@@H]4CC=C5C[C@@H](O[Si](C)(C)C(C)(C)C)CC[C@]5(C)[C@H]4CC[C@]23C)cc1. The van der Waals surface area contributed by atoms with Crippen LogP contribution >= 0.6 is 0 Å². The van der Waals surface area contributed by atoms with Crippen molar-refractivity contribution in [1.82, 2.24) is 0 Å². The number of hydrogen-bond donors (Lipinski definition) is 0. The van der Waals surface area contributed by atoms with E-state index in [-0.39, 0.29) is 11.1 Å². The van der Waals surface area contributed by atoms with Gasteiger partial charge in [0.25, 0.3) is 0 Å². The van der Waals surface area contributed by atoms with Crippen molar-refractivity contribution in [2.45, 2.75) is 130 Å². The van der Waals surface area contributed by atoms with Crippen LogP contribution in [0, 0.1) is 41.4 Å². The lowest BCUT2D eigenvalue weighted by Gasteiger charge is -2.58. The summed E-state index contributed by atoms with van der Waals surface area (Å²) in [4.78, 5) is 0. The molecule has 5 rings (SSSR count). The molecule has 0 heterocycles. The van der Waals surface area contributed by atoms with Crippen molar-refractivity contribution in [2.24, 2.45) is 34.5 Å². The molecule has 4 aliphatic carbocycles. The second-order valence-electron chi connectivity index (χ2n) is 15.4. The normalized spacial score (nSPS) is 38.7. The van der Waals surface area contributed by atoms with E-state index in [9.17, 15) is 0 Å². The Hall–Kier alpha value is -1.06. The second kappa shape index (κ2) is 9.54. The van der Waals surface area contributed by atoms with Gasteiger partial charge in [-0.25, -0.2) is 0 Å². The molecule has 0 bridgehead atoms. The largest absolute Gasteiger partial charge is 0.490 e. The van der Waals surface area contributed by atoms with Gasteiger partial charge in [0, 0.05) is 12.0 Å². The van der Waals surface area contributed by atoms with Crippen LogP contribution in [0.2, 0.25) is 18.1 Å². The predicted molar refractivity (Wildman–Crippen MR) is 159 cm³/mol. The van der Waals surface area contributed by atoms with E-state index in [1.54, 1.807) is 5.57 Å². The minimum atomic E-state index is -1.72. The fourth-order valence-corrected chi connectivity index (χ4v) is 10.4. The summed E-state index contributed by atoms with van der Waals surface area (Å²) in [5.74, 6) is 4.24. The molecule has 37 heavy (non-hydrogen) atoms. The topological polar surface area (TPSA) is 18.5 Å². The molecule has 0 spiro atoms. The molecule has 0 amide bonds. The van der Waals surface area contributed by atoms with E-state index in [0.29, 0.717) is 22.9 Å². The van der Waals surface area contributed by atoms with E-state index in [0.717, 1.165) is 23.5 Å². The number of allylic oxidation sites excluding steroid dienone is 1. The molecule has 206 valence electrons. The molecule has 0 unspecified atom stereocenters. The van der Waals surface area contributed by atoms with Gasteiger partial charge in [0.05, 0.1) is 6.10 Å². The first kappa shape index (κ1) is 27.5. The predicted octanol–water partition coefficient (Wildman–Crippen LogP) is 9.73. The van der Waals surface area contributed by atoms with E-state index < -0.39 is 8.32 Å². The molecule has 8 atom stereocenters. The Morgan fingerprint density at radius 2 is 1.65 bits per heavy atom. The van der Waals surface area contributed by atoms with Crippen LogP contribution in [0.25, 0.3) is 0 Å². The number of fused-ring (bicyclic) bond motifs is 5. The summed E-state index contributed by atoms with van der Waals surface area (Å²) in [6, 6.07) is 8.64. The summed E-state index contributed by atoms with van der Waals surface area (Å²) in [6.07, 6.45) is 13.9. The Bertz CT molecular complexity index is 1000. The van der Waals surface area contributed by atoms with Crippen molar-refractivity contribution in [3.63, 3.8) is 0 Å². The number of benzene rings is 1. The molecule has 3 saturated carbocycles. The molecule has 1 aromatic rings. The first-order valence-electron chi connectivity index (χ1n) is 15.4. The number of ether oxygens (including phenoxy) is 1. The summed E-state index contributed by atoms with van der Waals surface area (Å²) < 4.78 is 13.5. The molecular formula is C34H54O2Si. The highest BCUT2D eigenvalue weighted by Crippen LogP contribution is 2.67. The molecular weight excluding hydrogens is 468 g/mol. The highest BCUT2D eigenvalue weighted by atomic mass is 28.4. The summed E-state index contributed by atoms with van der Waals surface area (Å²) in [6.45, 7) is 21.7. The highest BCUT2D eigenvalue weighted by Gasteiger charge is 2.59. The van der Waals surface area contributed by atoms with Crippen LogP contribution < -0.4 is 4.74 Å². The average Bonchev–Trinajstić information content (AvgIpc) is 3.17. The minimum Gasteiger partial charge on any atom is -0.490 e. The Labute approximate surface area is 229 Å². The average molecular weight is 523 g/mol. The Balaban J connectivity index is 1.30. The lowest BCUT2D eigenvalue weighted by molar-refractivity contribution is -0.0636. The first-order chi connectivity index (χ1) is 17.2. The maximum absolute atomic E-state index is 6.94. The number of aryl methyl sites for hydroxylation is 1. The van der Waals surface area contributed by atoms with Crippen molar-refractivity contribution >= 4 is 8.32 Å². The Kier molecular flexibility index (Phi) is 7.09. The quantitative estimate of drug-likeness (QED) is 0.283. The fraction of sp³-hybridized carbons (Fsp3) is 0.765. The van der Waals surface area contributed by atoms with Crippen LogP contribution in [0.4, 0.5) is 0 Å². The van der Waals surface area contributed by atoms with Gasteiger partial charge in [-0.05, 0) is 124 Å². The lowest BCUT2D eigenvalue weighted by atomic mass is 9.47. The number of hydrogen-bond acceptors (Lipinski definition) is 2. The van der Waals surface area contributed by atoms with Crippen LogP contribution in [0.15, 0.2) is 35.9 Å². The fourth-order valence-electron chi connectivity index (χ4n) is 9.05. The molecule has 0 aromatic heterocycles. The smallest absolute Gasteiger partial charge is 0.192 e. The van der Waals surface area contributed by atoms with Crippen LogP contribution in [0.5, 0.6) is 5.75 Å². The third-order valence-electron chi connectivity index (χ3n) is 12.3. The van der Waals surface area contributed by atoms with Gasteiger partial charge in [0.1, 0.15) is 5.75 Å². The molecule has 4 aliphatic rings. The van der Waals surface area contributed by atoms with Crippen LogP contribution in [-0.2, 0) is 4.43 Å². The maximum atomic E-state index is 6.94. The third kappa shape index (κ3) is 4.79. The Morgan fingerprint density at radius 1 is 0.946 bits per heavy atom. The zero-order valence-corrected chi connectivity index (χ0v) is 26.3. The van der Waals surface area contributed by atoms with Gasteiger partial charge in [-0.3, -0.25) is 0 Å². The molecule has 0 N–H and O–H groups in total. The van der Waals surface area contributed by atoms with Gasteiger partial charge in [0.15, 0.2) is 8.32 Å². The molecule has 0 saturated heterocycles. The monoisotopic (exact) mass is 522 g/mol. The van der Waals surface area contributed by atoms with Crippen molar-refractivity contribution < 1.29 is 9.16 Å². The lowest BCUT2D eigenvalue weighted by Crippen LogP contribution is -2.52. The summed E-state index contributed by atoms with van der Waals surface area (Å²) >= 11 is 0. The summed E-state index contributed by atoms with van der Waals surface area (Å²) in [5, 5.41) is 0.285. The van der Waals surface area contributed by atoms with E-state index in [4.69, 9.17) is 9.16 Å². The van der Waals surface area contributed by atoms with Crippen molar-refractivity contribution in [1.29, 1.82) is 0 Å². The first-order valence-corrected chi connectivity index (χ1v) is 18.3. The van der Waals surface area contributed by atoms with Crippen molar-refractivity contribution in [2.75, 3.05) is 0 Å². The second-order valence-corrected chi connectivity index (χ2v) is 20.1. The minimum absolute atomic E-state index is 0.280. The van der Waals surface area contributed by atoms with Crippen LogP contribution in [0.1, 0.15) is 98.5 Å². The zero-order valence-electron chi connectivity index (χ0n) is 25.3. The third-order valence-corrected chi connectivity index (χ3v) is 16.8. The molecule has 3 heteroatoms. The van der Waals surface area contributed by atoms with Crippen molar-refractivity contribution in [3.05, 3.63) is 41.5 Å². The van der Waals surface area contributed by atoms with Gasteiger partial charge in [-0.2, -0.15) is 0 Å². The Morgan fingerprint density at radius 3 is 2.32 bits per heavy atom. The summed E-state index contributed by atoms with van der Waals surface area (Å²) in [5.41, 5.74) is 3.85. The van der Waals surface area contributed by atoms with E-state index >= 15 is 0 Å².